The smallest absolute Gasteiger partial charge is 0.244 e. The molecule has 0 heterocycles. The number of sulfonamides is 1. The number of benzene rings is 3. The summed E-state index contributed by atoms with van der Waals surface area (Å²) in [6.07, 6.45) is 6.25. The van der Waals surface area contributed by atoms with Gasteiger partial charge in [-0.05, 0) is 60.4 Å². The quantitative estimate of drug-likeness (QED) is 0.266. The average molecular weight is 647 g/mol. The Balaban J connectivity index is 1.73. The van der Waals surface area contributed by atoms with E-state index in [4.69, 9.17) is 27.9 Å². The van der Waals surface area contributed by atoms with E-state index in [0.29, 0.717) is 27.0 Å². The van der Waals surface area contributed by atoms with Crippen LogP contribution in [0.25, 0.3) is 0 Å². The largest absolute Gasteiger partial charge is 0.497 e. The van der Waals surface area contributed by atoms with Crippen molar-refractivity contribution in [3.05, 3.63) is 94.0 Å². The topological polar surface area (TPSA) is 96.0 Å². The van der Waals surface area contributed by atoms with E-state index in [1.165, 1.54) is 12.0 Å². The minimum atomic E-state index is -3.87. The van der Waals surface area contributed by atoms with E-state index in [1.807, 2.05) is 30.3 Å². The van der Waals surface area contributed by atoms with E-state index >= 15 is 0 Å². The summed E-state index contributed by atoms with van der Waals surface area (Å²) in [6, 6.07) is 20.0. The van der Waals surface area contributed by atoms with Gasteiger partial charge in [0.15, 0.2) is 0 Å². The Kier molecular flexibility index (Phi) is 11.3. The van der Waals surface area contributed by atoms with Crippen molar-refractivity contribution < 1.29 is 22.7 Å². The van der Waals surface area contributed by atoms with Crippen LogP contribution in [0.2, 0.25) is 10.0 Å². The summed E-state index contributed by atoms with van der Waals surface area (Å²) in [4.78, 5) is 29.7. The molecule has 1 N–H and O–H groups in total. The maximum atomic E-state index is 14.2. The molecular weight excluding hydrogens is 609 g/mol. The Morgan fingerprint density at radius 3 is 2.21 bits per heavy atom. The van der Waals surface area contributed by atoms with Crippen molar-refractivity contribution in [2.45, 2.75) is 57.2 Å². The highest BCUT2D eigenvalue weighted by Gasteiger charge is 2.34. The fraction of sp³-hybridized carbons (Fsp3) is 0.375. The van der Waals surface area contributed by atoms with E-state index in [2.05, 4.69) is 5.32 Å². The predicted octanol–water partition coefficient (Wildman–Crippen LogP) is 5.86. The summed E-state index contributed by atoms with van der Waals surface area (Å²) in [5, 5.41) is 3.86. The van der Waals surface area contributed by atoms with Crippen molar-refractivity contribution in [2.24, 2.45) is 0 Å². The van der Waals surface area contributed by atoms with Crippen LogP contribution in [0.15, 0.2) is 72.8 Å². The molecule has 0 aliphatic heterocycles. The molecule has 11 heteroatoms. The molecule has 3 aromatic rings. The van der Waals surface area contributed by atoms with Gasteiger partial charge in [0.25, 0.3) is 0 Å². The summed E-state index contributed by atoms with van der Waals surface area (Å²) in [6.45, 7) is -0.486. The molecule has 4 rings (SSSR count). The molecular formula is C32H37Cl2N3O5S. The molecule has 1 fully saturated rings. The molecule has 0 spiro atoms. The first-order chi connectivity index (χ1) is 20.5. The lowest BCUT2D eigenvalue weighted by atomic mass is 9.94. The monoisotopic (exact) mass is 645 g/mol. The zero-order valence-electron chi connectivity index (χ0n) is 24.3. The zero-order valence-corrected chi connectivity index (χ0v) is 26.7. The SMILES string of the molecule is COc1ccc(N(CC(=O)N(Cc2ccc(Cl)c(Cl)c2)[C@H](Cc2ccccc2)C(=O)NC2CCCCC2)S(C)(=O)=O)cc1. The van der Waals surface area contributed by atoms with Gasteiger partial charge < -0.3 is 15.0 Å². The Hall–Kier alpha value is -3.27. The van der Waals surface area contributed by atoms with Gasteiger partial charge in [0, 0.05) is 19.0 Å². The average Bonchev–Trinajstić information content (AvgIpc) is 3.00. The van der Waals surface area contributed by atoms with Crippen molar-refractivity contribution in [1.29, 1.82) is 0 Å². The number of ether oxygens (including phenoxy) is 1. The third kappa shape index (κ3) is 9.11. The second kappa shape index (κ2) is 14.9. The van der Waals surface area contributed by atoms with E-state index in [1.54, 1.807) is 42.5 Å². The van der Waals surface area contributed by atoms with Gasteiger partial charge in [0.2, 0.25) is 21.8 Å². The number of methoxy groups -OCH3 is 1. The fourth-order valence-electron chi connectivity index (χ4n) is 5.30. The molecule has 8 nitrogen and oxygen atoms in total. The van der Waals surface area contributed by atoms with E-state index in [-0.39, 0.29) is 24.9 Å². The van der Waals surface area contributed by atoms with Crippen molar-refractivity contribution in [3.8, 4) is 5.75 Å². The van der Waals surface area contributed by atoms with Gasteiger partial charge in [-0.15, -0.1) is 0 Å². The molecule has 0 bridgehead atoms. The number of rotatable bonds is 12. The molecule has 1 saturated carbocycles. The summed E-state index contributed by atoms with van der Waals surface area (Å²) in [5.41, 5.74) is 1.83. The van der Waals surface area contributed by atoms with Gasteiger partial charge >= 0.3 is 0 Å². The Labute approximate surface area is 264 Å². The van der Waals surface area contributed by atoms with Gasteiger partial charge in [-0.1, -0.05) is 78.9 Å². The lowest BCUT2D eigenvalue weighted by Gasteiger charge is -2.35. The predicted molar refractivity (Wildman–Crippen MR) is 171 cm³/mol. The lowest BCUT2D eigenvalue weighted by molar-refractivity contribution is -0.140. The Bertz CT molecular complexity index is 1500. The molecule has 2 amide bonds. The van der Waals surface area contributed by atoms with Gasteiger partial charge in [0.05, 0.1) is 29.1 Å². The summed E-state index contributed by atoms with van der Waals surface area (Å²) < 4.78 is 32.2. The highest BCUT2D eigenvalue weighted by molar-refractivity contribution is 7.92. The van der Waals surface area contributed by atoms with Crippen molar-refractivity contribution in [3.63, 3.8) is 0 Å². The van der Waals surface area contributed by atoms with Crippen LogP contribution in [0.1, 0.15) is 43.2 Å². The standard InChI is InChI=1S/C32H37Cl2N3O5S/c1-42-27-16-14-26(15-17-27)37(43(2,40)41)22-31(38)36(21-24-13-18-28(33)29(34)19-24)30(20-23-9-5-3-6-10-23)32(39)35-25-11-7-4-8-12-25/h3,5-6,9-10,13-19,25,30H,4,7-8,11-12,20-22H2,1-2H3,(H,35,39)/t30-/m1/s1. The third-order valence-corrected chi connectivity index (χ3v) is 9.48. The van der Waals surface area contributed by atoms with Crippen LogP contribution >= 0.6 is 23.2 Å². The first-order valence-electron chi connectivity index (χ1n) is 14.2. The van der Waals surface area contributed by atoms with Gasteiger partial charge in [-0.2, -0.15) is 0 Å². The molecule has 0 unspecified atom stereocenters. The summed E-state index contributed by atoms with van der Waals surface area (Å²) >= 11 is 12.5. The number of carbonyl (C=O) groups is 2. The second-order valence-electron chi connectivity index (χ2n) is 10.8. The minimum absolute atomic E-state index is 0.0194. The van der Waals surface area contributed by atoms with Crippen molar-refractivity contribution in [1.82, 2.24) is 10.2 Å². The number of nitrogens with zero attached hydrogens (tertiary/aromatic N) is 2. The maximum Gasteiger partial charge on any atom is 0.244 e. The van der Waals surface area contributed by atoms with Crippen molar-refractivity contribution in [2.75, 3.05) is 24.2 Å². The highest BCUT2D eigenvalue weighted by atomic mass is 35.5. The summed E-state index contributed by atoms with van der Waals surface area (Å²) in [7, 11) is -2.36. The number of carbonyl (C=O) groups excluding carboxylic acids is 2. The third-order valence-electron chi connectivity index (χ3n) is 7.60. The number of anilines is 1. The fourth-order valence-corrected chi connectivity index (χ4v) is 6.47. The number of hydrogen-bond acceptors (Lipinski definition) is 5. The number of amides is 2. The van der Waals surface area contributed by atoms with E-state index in [0.717, 1.165) is 48.2 Å². The molecule has 3 aromatic carbocycles. The van der Waals surface area contributed by atoms with Crippen LogP contribution < -0.4 is 14.4 Å². The second-order valence-corrected chi connectivity index (χ2v) is 13.5. The van der Waals surface area contributed by atoms with Gasteiger partial charge in [0.1, 0.15) is 18.3 Å². The molecule has 230 valence electrons. The highest BCUT2D eigenvalue weighted by Crippen LogP contribution is 2.26. The zero-order chi connectivity index (χ0) is 31.0. The van der Waals surface area contributed by atoms with Crippen LogP contribution in [0, 0.1) is 0 Å². The van der Waals surface area contributed by atoms with Gasteiger partial charge in [-0.3, -0.25) is 13.9 Å². The first kappa shape index (κ1) is 32.6. The number of halogens is 2. The normalized spacial score (nSPS) is 14.5. The number of nitrogens with one attached hydrogen (secondary N) is 1. The number of hydrogen-bond donors (Lipinski definition) is 1. The molecule has 1 aliphatic rings. The molecule has 0 saturated heterocycles. The van der Waals surface area contributed by atoms with Gasteiger partial charge in [-0.25, -0.2) is 8.42 Å². The first-order valence-corrected chi connectivity index (χ1v) is 16.8. The van der Waals surface area contributed by atoms with Crippen LogP contribution in [0.3, 0.4) is 0 Å². The Morgan fingerprint density at radius 1 is 0.930 bits per heavy atom. The molecule has 1 aliphatic carbocycles. The summed E-state index contributed by atoms with van der Waals surface area (Å²) in [5.74, 6) is -0.265. The van der Waals surface area contributed by atoms with Crippen LogP contribution in [0.4, 0.5) is 5.69 Å². The maximum absolute atomic E-state index is 14.2. The molecule has 0 radical (unpaired) electrons. The van der Waals surface area contributed by atoms with Crippen LogP contribution in [-0.2, 0) is 32.6 Å². The van der Waals surface area contributed by atoms with E-state index in [9.17, 15) is 18.0 Å². The van der Waals surface area contributed by atoms with E-state index < -0.39 is 28.5 Å². The molecule has 1 atom stereocenters. The van der Waals surface area contributed by atoms with Crippen LogP contribution in [-0.4, -0.2) is 57.1 Å². The molecule has 43 heavy (non-hydrogen) atoms. The minimum Gasteiger partial charge on any atom is -0.497 e. The van der Waals surface area contributed by atoms with Crippen LogP contribution in [0.5, 0.6) is 5.75 Å². The van der Waals surface area contributed by atoms with Crippen molar-refractivity contribution >= 4 is 50.7 Å². The lowest BCUT2D eigenvalue weighted by Crippen LogP contribution is -2.55. The Morgan fingerprint density at radius 2 is 1.60 bits per heavy atom. The molecule has 0 aromatic heterocycles.